The van der Waals surface area contributed by atoms with Gasteiger partial charge in [0.1, 0.15) is 18.3 Å². The van der Waals surface area contributed by atoms with E-state index in [0.29, 0.717) is 6.42 Å². The van der Waals surface area contributed by atoms with Crippen LogP contribution < -0.4 is 0 Å². The fraction of sp³-hybridized carbons (Fsp3) is 0.958. The van der Waals surface area contributed by atoms with Gasteiger partial charge >= 0.3 is 5.97 Å². The SMILES string of the molecule is CCCCCCCCCCCCCCCCCC[C@](O)(C(=O)O)[C@@H](O)[C@H](O)[C@H](O)CO. The number of hydrogen-bond acceptors (Lipinski definition) is 6. The molecule has 186 valence electrons. The molecule has 31 heavy (non-hydrogen) atoms. The second kappa shape index (κ2) is 18.8. The van der Waals surface area contributed by atoms with Gasteiger partial charge in [-0.1, -0.05) is 103 Å². The highest BCUT2D eigenvalue weighted by Gasteiger charge is 2.48. The smallest absolute Gasteiger partial charge is 0.338 e. The maximum absolute atomic E-state index is 11.4. The van der Waals surface area contributed by atoms with Crippen molar-refractivity contribution in [2.45, 2.75) is 140 Å². The Morgan fingerprint density at radius 3 is 1.39 bits per heavy atom. The monoisotopic (exact) mass is 448 g/mol. The van der Waals surface area contributed by atoms with Gasteiger partial charge in [-0.2, -0.15) is 0 Å². The van der Waals surface area contributed by atoms with Crippen LogP contribution in [0.25, 0.3) is 0 Å². The molecule has 0 saturated heterocycles. The third-order valence-corrected chi connectivity index (χ3v) is 6.18. The van der Waals surface area contributed by atoms with Gasteiger partial charge in [0.2, 0.25) is 0 Å². The Kier molecular flexibility index (Phi) is 18.4. The number of aliphatic hydroxyl groups excluding tert-OH is 4. The number of rotatable bonds is 22. The van der Waals surface area contributed by atoms with Crippen molar-refractivity contribution in [3.05, 3.63) is 0 Å². The summed E-state index contributed by atoms with van der Waals surface area (Å²) in [7, 11) is 0. The largest absolute Gasteiger partial charge is 0.479 e. The van der Waals surface area contributed by atoms with Crippen molar-refractivity contribution in [1.29, 1.82) is 0 Å². The average Bonchev–Trinajstić information content (AvgIpc) is 2.76. The van der Waals surface area contributed by atoms with Crippen LogP contribution in [-0.2, 0) is 4.79 Å². The highest BCUT2D eigenvalue weighted by Crippen LogP contribution is 2.24. The molecule has 0 radical (unpaired) electrons. The summed E-state index contributed by atoms with van der Waals surface area (Å²) < 4.78 is 0. The number of aliphatic carboxylic acids is 1. The summed E-state index contributed by atoms with van der Waals surface area (Å²) in [5, 5.41) is 57.5. The Morgan fingerprint density at radius 1 is 0.710 bits per heavy atom. The van der Waals surface area contributed by atoms with Gasteiger partial charge in [-0.25, -0.2) is 4.79 Å². The van der Waals surface area contributed by atoms with Crippen molar-refractivity contribution in [3.8, 4) is 0 Å². The molecule has 0 saturated carbocycles. The second-order valence-electron chi connectivity index (χ2n) is 8.97. The number of carboxylic acid groups (broad SMARTS) is 1. The summed E-state index contributed by atoms with van der Waals surface area (Å²) in [6.07, 6.45) is 12.8. The van der Waals surface area contributed by atoms with Crippen LogP contribution >= 0.6 is 0 Å². The lowest BCUT2D eigenvalue weighted by atomic mass is 9.85. The zero-order chi connectivity index (χ0) is 23.5. The van der Waals surface area contributed by atoms with Gasteiger partial charge in [-0.3, -0.25) is 0 Å². The zero-order valence-corrected chi connectivity index (χ0v) is 19.6. The molecule has 0 aliphatic carbocycles. The van der Waals surface area contributed by atoms with Crippen LogP contribution in [-0.4, -0.2) is 67.1 Å². The molecule has 0 heterocycles. The van der Waals surface area contributed by atoms with Crippen molar-refractivity contribution in [3.63, 3.8) is 0 Å². The van der Waals surface area contributed by atoms with E-state index in [1.54, 1.807) is 0 Å². The van der Waals surface area contributed by atoms with Gasteiger partial charge in [0.15, 0.2) is 5.60 Å². The van der Waals surface area contributed by atoms with Gasteiger partial charge in [-0.15, -0.1) is 0 Å². The highest BCUT2D eigenvalue weighted by atomic mass is 16.4. The molecule has 7 nitrogen and oxygen atoms in total. The van der Waals surface area contributed by atoms with Gasteiger partial charge in [0, 0.05) is 0 Å². The molecule has 0 fully saturated rings. The standard InChI is InChI=1S/C24H48O7/c1-2-3-4-5-6-7-8-9-10-11-12-13-14-15-16-17-18-24(31,23(29)30)22(28)21(27)20(26)19-25/h20-22,25-28,31H,2-19H2,1H3,(H,29,30)/t20-,21-,22+,24-/m1/s1. The number of hydrogen-bond donors (Lipinski definition) is 6. The number of carboxylic acids is 1. The fourth-order valence-corrected chi connectivity index (χ4v) is 3.92. The number of carbonyl (C=O) groups is 1. The van der Waals surface area contributed by atoms with E-state index >= 15 is 0 Å². The molecular formula is C24H48O7. The molecule has 0 spiro atoms. The molecule has 7 heteroatoms. The quantitative estimate of drug-likeness (QED) is 0.139. The Balaban J connectivity index is 3.76. The molecule has 4 atom stereocenters. The van der Waals surface area contributed by atoms with Crippen LogP contribution in [0.5, 0.6) is 0 Å². The minimum absolute atomic E-state index is 0.225. The van der Waals surface area contributed by atoms with Crippen molar-refractivity contribution in [2.75, 3.05) is 6.61 Å². The summed E-state index contributed by atoms with van der Waals surface area (Å²) in [6.45, 7) is 1.40. The number of aliphatic hydroxyl groups is 5. The molecule has 0 aliphatic rings. The maximum Gasteiger partial charge on any atom is 0.338 e. The van der Waals surface area contributed by atoms with Crippen molar-refractivity contribution in [2.24, 2.45) is 0 Å². The average molecular weight is 449 g/mol. The van der Waals surface area contributed by atoms with E-state index < -0.39 is 36.5 Å². The van der Waals surface area contributed by atoms with Crippen LogP contribution in [0.2, 0.25) is 0 Å². The minimum Gasteiger partial charge on any atom is -0.479 e. The second-order valence-corrected chi connectivity index (χ2v) is 8.97. The first-order valence-corrected chi connectivity index (χ1v) is 12.4. The molecule has 0 aromatic carbocycles. The first-order chi connectivity index (χ1) is 14.8. The molecule has 0 rings (SSSR count). The number of unbranched alkanes of at least 4 members (excludes halogenated alkanes) is 15. The summed E-state index contributed by atoms with van der Waals surface area (Å²) in [4.78, 5) is 11.4. The predicted octanol–water partition coefficient (Wildman–Crippen LogP) is 3.53. The molecule has 0 aliphatic heterocycles. The van der Waals surface area contributed by atoms with Crippen molar-refractivity contribution in [1.82, 2.24) is 0 Å². The third kappa shape index (κ3) is 13.4. The normalized spacial score (nSPS) is 16.6. The lowest BCUT2D eigenvalue weighted by Crippen LogP contribution is -2.58. The lowest BCUT2D eigenvalue weighted by molar-refractivity contribution is -0.192. The Hall–Kier alpha value is -0.730. The van der Waals surface area contributed by atoms with Crippen molar-refractivity contribution < 1.29 is 35.4 Å². The van der Waals surface area contributed by atoms with E-state index in [-0.39, 0.29) is 6.42 Å². The molecule has 0 aromatic rings. The molecule has 0 amide bonds. The van der Waals surface area contributed by atoms with Crippen LogP contribution in [0, 0.1) is 0 Å². The maximum atomic E-state index is 11.4. The van der Waals surface area contributed by atoms with Crippen molar-refractivity contribution >= 4 is 5.97 Å². The summed E-state index contributed by atoms with van der Waals surface area (Å²) in [5.74, 6) is -1.65. The van der Waals surface area contributed by atoms with E-state index in [0.717, 1.165) is 25.7 Å². The van der Waals surface area contributed by atoms with Crippen LogP contribution in [0.15, 0.2) is 0 Å². The Labute approximate surface area is 188 Å². The van der Waals surface area contributed by atoms with E-state index in [2.05, 4.69) is 6.92 Å². The minimum atomic E-state index is -2.55. The van der Waals surface area contributed by atoms with Gasteiger partial charge in [0.25, 0.3) is 0 Å². The van der Waals surface area contributed by atoms with Crippen LogP contribution in [0.4, 0.5) is 0 Å². The predicted molar refractivity (Wildman–Crippen MR) is 122 cm³/mol. The van der Waals surface area contributed by atoms with E-state index in [1.165, 1.54) is 70.6 Å². The van der Waals surface area contributed by atoms with E-state index in [4.69, 9.17) is 5.11 Å². The van der Waals surface area contributed by atoms with E-state index in [9.17, 15) is 30.3 Å². The summed E-state index contributed by atoms with van der Waals surface area (Å²) in [5.41, 5.74) is -2.55. The van der Waals surface area contributed by atoms with Crippen LogP contribution in [0.3, 0.4) is 0 Å². The Morgan fingerprint density at radius 2 is 1.06 bits per heavy atom. The highest BCUT2D eigenvalue weighted by molar-refractivity contribution is 5.78. The first kappa shape index (κ1) is 30.3. The molecule has 6 N–H and O–H groups in total. The topological polar surface area (TPSA) is 138 Å². The molecule has 0 unspecified atom stereocenters. The summed E-state index contributed by atoms with van der Waals surface area (Å²) >= 11 is 0. The molecule has 0 bridgehead atoms. The Bertz CT molecular complexity index is 432. The van der Waals surface area contributed by atoms with Gasteiger partial charge < -0.3 is 30.6 Å². The van der Waals surface area contributed by atoms with Gasteiger partial charge in [0.05, 0.1) is 6.61 Å². The molecule has 0 aromatic heterocycles. The van der Waals surface area contributed by atoms with E-state index in [1.807, 2.05) is 0 Å². The van der Waals surface area contributed by atoms with Gasteiger partial charge in [-0.05, 0) is 12.8 Å². The third-order valence-electron chi connectivity index (χ3n) is 6.18. The zero-order valence-electron chi connectivity index (χ0n) is 19.6. The lowest BCUT2D eigenvalue weighted by Gasteiger charge is -2.33. The fourth-order valence-electron chi connectivity index (χ4n) is 3.92. The first-order valence-electron chi connectivity index (χ1n) is 12.4. The molecular weight excluding hydrogens is 400 g/mol. The summed E-state index contributed by atoms with van der Waals surface area (Å²) in [6, 6.07) is 0. The van der Waals surface area contributed by atoms with Crippen LogP contribution in [0.1, 0.15) is 116 Å².